The number of alkyl halides is 3. The molecule has 0 aliphatic carbocycles. The molecule has 0 atom stereocenters. The fraction of sp³-hybridized carbons (Fsp3) is 1.00. The molecular formula is CH6F3InO7S2. The summed E-state index contributed by atoms with van der Waals surface area (Å²) in [5.41, 5.74) is -5.53. The van der Waals surface area contributed by atoms with Gasteiger partial charge in [0.2, 0.25) is 0 Å². The molecule has 0 radical (unpaired) electrons. The second kappa shape index (κ2) is 6.12. The van der Waals surface area contributed by atoms with Crippen molar-refractivity contribution in [2.45, 2.75) is 5.51 Å². The van der Waals surface area contributed by atoms with Gasteiger partial charge in [0.05, 0.1) is 0 Å². The first kappa shape index (κ1) is 19.9. The van der Waals surface area contributed by atoms with Crippen LogP contribution in [0.5, 0.6) is 0 Å². The molecular weight excluding hydrogens is 360 g/mol. The molecule has 7 nitrogen and oxygen atoms in total. The van der Waals surface area contributed by atoms with Gasteiger partial charge in [-0.3, -0.25) is 13.7 Å². The van der Waals surface area contributed by atoms with E-state index in [4.69, 9.17) is 30.5 Å². The van der Waals surface area contributed by atoms with E-state index in [0.717, 1.165) is 0 Å². The van der Waals surface area contributed by atoms with Crippen molar-refractivity contribution in [3.63, 3.8) is 0 Å². The van der Waals surface area contributed by atoms with Gasteiger partial charge < -0.3 is 0 Å². The molecule has 0 unspecified atom stereocenters. The standard InChI is InChI=1S/CHF3O3S.In.H2O4S.3H/c2-1(3,4)8(5,6)7;;1-5(2,3)4;;;/h(H,5,6,7);;(H2,1,2,3,4);;;. The van der Waals surface area contributed by atoms with Crippen LogP contribution in [0, 0.1) is 0 Å². The molecule has 88 valence electrons. The van der Waals surface area contributed by atoms with Gasteiger partial charge in [-0.2, -0.15) is 30.0 Å². The molecule has 0 rings (SSSR count). The second-order valence-corrected chi connectivity index (χ2v) is 3.68. The van der Waals surface area contributed by atoms with Crippen molar-refractivity contribution >= 4 is 46.4 Å². The Balaban J connectivity index is -0.000000177. The van der Waals surface area contributed by atoms with Crippen molar-refractivity contribution in [2.75, 3.05) is 0 Å². The fourth-order valence-corrected chi connectivity index (χ4v) is 0. The third-order valence-corrected chi connectivity index (χ3v) is 0.877. The van der Waals surface area contributed by atoms with Crippen LogP contribution < -0.4 is 0 Å². The average molecular weight is 366 g/mol. The third-order valence-electron chi connectivity index (χ3n) is 0.292. The van der Waals surface area contributed by atoms with Crippen LogP contribution in [0.2, 0.25) is 0 Å². The molecule has 0 aliphatic rings. The molecule has 13 heteroatoms. The minimum atomic E-state index is -5.84. The molecule has 0 bridgehead atoms. The first-order chi connectivity index (χ1) is 5.25. The van der Waals surface area contributed by atoms with Crippen LogP contribution in [0.4, 0.5) is 13.2 Å². The first-order valence-corrected chi connectivity index (χ1v) is 4.82. The van der Waals surface area contributed by atoms with Crippen molar-refractivity contribution in [2.24, 2.45) is 0 Å². The van der Waals surface area contributed by atoms with E-state index >= 15 is 0 Å². The van der Waals surface area contributed by atoms with Crippen molar-refractivity contribution < 1.29 is 43.7 Å². The maximum atomic E-state index is 10.7. The van der Waals surface area contributed by atoms with Crippen LogP contribution in [0.1, 0.15) is 0 Å². The van der Waals surface area contributed by atoms with Gasteiger partial charge >= 0.3 is 51.9 Å². The number of hydrogen-bond donors (Lipinski definition) is 3. The predicted octanol–water partition coefficient (Wildman–Crippen LogP) is -1.44. The van der Waals surface area contributed by atoms with Crippen molar-refractivity contribution in [1.29, 1.82) is 0 Å². The van der Waals surface area contributed by atoms with Gasteiger partial charge in [0.1, 0.15) is 0 Å². The quantitative estimate of drug-likeness (QED) is 0.354. The Morgan fingerprint density at radius 1 is 0.857 bits per heavy atom. The van der Waals surface area contributed by atoms with E-state index in [1.807, 2.05) is 0 Å². The molecule has 0 aromatic rings. The SMILES string of the molecule is O=S(=O)(O)C(F)(F)F.O=S(=O)(O)O.[InH3]. The van der Waals surface area contributed by atoms with Gasteiger partial charge in [-0.25, -0.2) is 0 Å². The van der Waals surface area contributed by atoms with Crippen molar-refractivity contribution in [1.82, 2.24) is 0 Å². The van der Waals surface area contributed by atoms with E-state index in [9.17, 15) is 13.2 Å². The predicted molar refractivity (Wildman–Crippen MR) is 41.7 cm³/mol. The Labute approximate surface area is 95.4 Å². The van der Waals surface area contributed by atoms with Crippen molar-refractivity contribution in [3.05, 3.63) is 0 Å². The Morgan fingerprint density at radius 3 is 0.929 bits per heavy atom. The number of halogens is 3. The van der Waals surface area contributed by atoms with Gasteiger partial charge in [0.15, 0.2) is 0 Å². The Hall–Kier alpha value is 0.440. The van der Waals surface area contributed by atoms with Gasteiger partial charge in [-0.05, 0) is 0 Å². The van der Waals surface area contributed by atoms with Gasteiger partial charge in [-0.1, -0.05) is 0 Å². The summed E-state index contributed by atoms with van der Waals surface area (Å²) in [5, 5.41) is 0. The summed E-state index contributed by atoms with van der Waals surface area (Å²) in [6.45, 7) is 0. The Morgan fingerprint density at radius 2 is 0.929 bits per heavy atom. The zero-order valence-electron chi connectivity index (χ0n) is 5.43. The molecule has 0 aromatic carbocycles. The molecule has 0 amide bonds. The van der Waals surface area contributed by atoms with Crippen LogP contribution in [0.25, 0.3) is 0 Å². The molecule has 0 aliphatic heterocycles. The summed E-state index contributed by atoms with van der Waals surface area (Å²) in [5.74, 6) is 0. The van der Waals surface area contributed by atoms with E-state index in [2.05, 4.69) is 0 Å². The molecule has 0 spiro atoms. The van der Waals surface area contributed by atoms with Crippen LogP contribution in [0.15, 0.2) is 0 Å². The number of rotatable bonds is 0. The minimum absolute atomic E-state index is 0. The van der Waals surface area contributed by atoms with E-state index in [0.29, 0.717) is 0 Å². The molecule has 0 saturated heterocycles. The van der Waals surface area contributed by atoms with E-state index in [-0.39, 0.29) is 25.8 Å². The second-order valence-electron chi connectivity index (χ2n) is 1.37. The van der Waals surface area contributed by atoms with Crippen molar-refractivity contribution in [3.8, 4) is 0 Å². The molecule has 0 heterocycles. The molecule has 0 saturated carbocycles. The summed E-state index contributed by atoms with van der Waals surface area (Å²) in [7, 11) is -10.5. The topological polar surface area (TPSA) is 129 Å². The first-order valence-electron chi connectivity index (χ1n) is 1.99. The monoisotopic (exact) mass is 366 g/mol. The van der Waals surface area contributed by atoms with Gasteiger partial charge in [0, 0.05) is 0 Å². The zero-order chi connectivity index (χ0) is 11.5. The maximum absolute atomic E-state index is 10.7. The fourth-order valence-electron chi connectivity index (χ4n) is 0. The van der Waals surface area contributed by atoms with E-state index in [1.165, 1.54) is 0 Å². The summed E-state index contributed by atoms with van der Waals surface area (Å²) >= 11 is 0. The van der Waals surface area contributed by atoms with Crippen LogP contribution >= 0.6 is 0 Å². The van der Waals surface area contributed by atoms with E-state index < -0.39 is 26.0 Å². The van der Waals surface area contributed by atoms with E-state index in [1.54, 1.807) is 0 Å². The normalized spacial score (nSPS) is 12.1. The summed E-state index contributed by atoms with van der Waals surface area (Å²) < 4.78 is 89.1. The summed E-state index contributed by atoms with van der Waals surface area (Å²) in [6, 6.07) is 0. The molecule has 14 heavy (non-hydrogen) atoms. The zero-order valence-corrected chi connectivity index (χ0v) is 7.06. The van der Waals surface area contributed by atoms with Crippen LogP contribution in [0.3, 0.4) is 0 Å². The molecule has 0 aromatic heterocycles. The van der Waals surface area contributed by atoms with Gasteiger partial charge in [0.25, 0.3) is 0 Å². The number of hydrogen-bond acceptors (Lipinski definition) is 4. The van der Waals surface area contributed by atoms with Crippen LogP contribution in [-0.4, -0.2) is 61.8 Å². The summed E-state index contributed by atoms with van der Waals surface area (Å²) in [6.07, 6.45) is 0. The Bertz CT molecular complexity index is 330. The Kier molecular flexibility index (Phi) is 8.71. The van der Waals surface area contributed by atoms with Crippen LogP contribution in [-0.2, 0) is 20.5 Å². The molecule has 0 fully saturated rings. The average Bonchev–Trinajstić information content (AvgIpc) is 1.50. The third kappa shape index (κ3) is 18.3. The summed E-state index contributed by atoms with van der Waals surface area (Å²) in [4.78, 5) is 0. The molecule has 3 N–H and O–H groups in total. The van der Waals surface area contributed by atoms with Gasteiger partial charge in [-0.15, -0.1) is 0 Å².